The molecule has 3 heterocycles. The van der Waals surface area contributed by atoms with E-state index in [1.807, 2.05) is 31.2 Å². The van der Waals surface area contributed by atoms with E-state index in [-0.39, 0.29) is 29.3 Å². The van der Waals surface area contributed by atoms with Crippen LogP contribution < -0.4 is 19.6 Å². The molecule has 0 aliphatic carbocycles. The predicted molar refractivity (Wildman–Crippen MR) is 175 cm³/mol. The number of benzene rings is 2. The molecule has 11 heteroatoms. The third-order valence-corrected chi connectivity index (χ3v) is 8.52. The van der Waals surface area contributed by atoms with Gasteiger partial charge >= 0.3 is 11.9 Å². The number of furan rings is 1. The molecule has 0 bridgehead atoms. The molecule has 0 amide bonds. The van der Waals surface area contributed by atoms with Crippen molar-refractivity contribution < 1.29 is 28.2 Å². The number of allylic oxidation sites excluding steroid dienone is 1. The summed E-state index contributed by atoms with van der Waals surface area (Å²) in [7, 11) is 1.54. The molecule has 0 spiro atoms. The molecule has 0 radical (unpaired) electrons. The maximum Gasteiger partial charge on any atom is 0.338 e. The van der Waals surface area contributed by atoms with Crippen LogP contribution >= 0.6 is 27.3 Å². The first-order valence-corrected chi connectivity index (χ1v) is 16.0. The van der Waals surface area contributed by atoms with Crippen molar-refractivity contribution in [2.75, 3.05) is 7.11 Å². The highest BCUT2D eigenvalue weighted by Gasteiger charge is 2.35. The van der Waals surface area contributed by atoms with Crippen molar-refractivity contribution in [2.45, 2.75) is 59.8 Å². The van der Waals surface area contributed by atoms with Crippen molar-refractivity contribution in [3.8, 4) is 17.1 Å². The lowest BCUT2D eigenvalue weighted by Crippen LogP contribution is -2.40. The molecule has 0 N–H and O–H groups in total. The molecule has 5 rings (SSSR count). The number of methoxy groups -OCH3 is 1. The Hall–Kier alpha value is -4.22. The molecule has 0 saturated carbocycles. The second kappa shape index (κ2) is 13.0. The number of ether oxygens (including phenoxy) is 3. The molecular formula is C34H33BrN2O7S. The highest BCUT2D eigenvalue weighted by molar-refractivity contribution is 9.10. The van der Waals surface area contributed by atoms with Crippen molar-refractivity contribution in [1.29, 1.82) is 0 Å². The van der Waals surface area contributed by atoms with Crippen LogP contribution in [0.4, 0.5) is 0 Å². The average molecular weight is 694 g/mol. The normalized spacial score (nSPS) is 14.9. The van der Waals surface area contributed by atoms with Crippen LogP contribution in [0.1, 0.15) is 67.9 Å². The SMILES string of the molecule is COc1ccc(Br)cc1[C@H]1C(C(=O)OC(C)C)=C(C)N=c2s/c(=C\c3ccc(-c4ccc(C(=O)OC(C)C)cc4C)o3)c(=O)n21. The Kier molecular flexibility index (Phi) is 9.31. The van der Waals surface area contributed by atoms with Gasteiger partial charge in [0.1, 0.15) is 23.3 Å². The van der Waals surface area contributed by atoms with Crippen molar-refractivity contribution in [1.82, 2.24) is 4.57 Å². The predicted octanol–water partition coefficient (Wildman–Crippen LogP) is 6.09. The van der Waals surface area contributed by atoms with Gasteiger partial charge in [-0.2, -0.15) is 0 Å². The largest absolute Gasteiger partial charge is 0.496 e. The molecule has 9 nitrogen and oxygen atoms in total. The third kappa shape index (κ3) is 6.60. The van der Waals surface area contributed by atoms with Gasteiger partial charge in [-0.15, -0.1) is 0 Å². The van der Waals surface area contributed by atoms with Crippen LogP contribution in [0.15, 0.2) is 78.5 Å². The molecule has 1 aliphatic rings. The standard InChI is InChI=1S/C34H33BrN2O7S/c1-17(2)42-32(39)21-8-11-24(19(5)14-21)27-13-10-23(44-27)16-28-31(38)37-30(25-15-22(35)9-12-26(25)41-7)29(33(40)43-18(3)4)20(6)36-34(37)45-28/h8-18,30H,1-7H3/b28-16-/t30-/m0/s1. The zero-order valence-electron chi connectivity index (χ0n) is 26.0. The van der Waals surface area contributed by atoms with Gasteiger partial charge in [0, 0.05) is 21.7 Å². The van der Waals surface area contributed by atoms with E-state index in [1.165, 1.54) is 15.9 Å². The summed E-state index contributed by atoms with van der Waals surface area (Å²) in [5.41, 5.74) is 3.10. The van der Waals surface area contributed by atoms with Gasteiger partial charge in [-0.3, -0.25) is 9.36 Å². The number of aromatic nitrogens is 1. The number of thiazole rings is 1. The number of nitrogens with zero attached hydrogens (tertiary/aromatic N) is 2. The molecule has 45 heavy (non-hydrogen) atoms. The molecule has 2 aromatic heterocycles. The summed E-state index contributed by atoms with van der Waals surface area (Å²) in [6, 6.07) is 13.5. The fourth-order valence-electron chi connectivity index (χ4n) is 5.13. The Morgan fingerprint density at radius 1 is 1.00 bits per heavy atom. The van der Waals surface area contributed by atoms with E-state index in [2.05, 4.69) is 20.9 Å². The van der Waals surface area contributed by atoms with Gasteiger partial charge in [0.25, 0.3) is 5.56 Å². The van der Waals surface area contributed by atoms with Gasteiger partial charge in [-0.05, 0) is 89.6 Å². The quantitative estimate of drug-likeness (QED) is 0.206. The summed E-state index contributed by atoms with van der Waals surface area (Å²) in [6.07, 6.45) is 1.08. The van der Waals surface area contributed by atoms with Crippen molar-refractivity contribution in [2.24, 2.45) is 4.99 Å². The zero-order chi connectivity index (χ0) is 32.6. The molecule has 4 aromatic rings. The van der Waals surface area contributed by atoms with Gasteiger partial charge < -0.3 is 18.6 Å². The first-order valence-electron chi connectivity index (χ1n) is 14.4. The molecule has 2 aromatic carbocycles. The molecule has 0 saturated heterocycles. The lowest BCUT2D eigenvalue weighted by Gasteiger charge is -2.26. The number of esters is 2. The molecule has 0 fully saturated rings. The number of carbonyl (C=O) groups excluding carboxylic acids is 2. The third-order valence-electron chi connectivity index (χ3n) is 7.04. The van der Waals surface area contributed by atoms with Gasteiger partial charge in [-0.25, -0.2) is 14.6 Å². The lowest BCUT2D eigenvalue weighted by molar-refractivity contribution is -0.143. The number of carbonyl (C=O) groups is 2. The van der Waals surface area contributed by atoms with Gasteiger partial charge in [-0.1, -0.05) is 33.3 Å². The summed E-state index contributed by atoms with van der Waals surface area (Å²) >= 11 is 4.72. The molecule has 1 atom stereocenters. The second-order valence-electron chi connectivity index (χ2n) is 11.1. The maximum atomic E-state index is 14.1. The Bertz CT molecular complexity index is 2020. The summed E-state index contributed by atoms with van der Waals surface area (Å²) < 4.78 is 25.3. The summed E-state index contributed by atoms with van der Waals surface area (Å²) in [4.78, 5) is 44.9. The average Bonchev–Trinajstić information content (AvgIpc) is 3.55. The monoisotopic (exact) mass is 692 g/mol. The minimum atomic E-state index is -0.835. The number of fused-ring (bicyclic) bond motifs is 1. The second-order valence-corrected chi connectivity index (χ2v) is 13.0. The number of aryl methyl sites for hydroxylation is 1. The zero-order valence-corrected chi connectivity index (χ0v) is 28.4. The molecule has 234 valence electrons. The van der Waals surface area contributed by atoms with E-state index in [1.54, 1.807) is 72.1 Å². The van der Waals surface area contributed by atoms with Crippen LogP contribution in [0.5, 0.6) is 5.75 Å². The molecular weight excluding hydrogens is 660 g/mol. The Morgan fingerprint density at radius 2 is 1.71 bits per heavy atom. The number of rotatable bonds is 8. The maximum absolute atomic E-state index is 14.1. The summed E-state index contributed by atoms with van der Waals surface area (Å²) in [5.74, 6) is 0.620. The number of halogens is 1. The minimum Gasteiger partial charge on any atom is -0.496 e. The van der Waals surface area contributed by atoms with E-state index in [9.17, 15) is 14.4 Å². The Labute approximate surface area is 272 Å². The first kappa shape index (κ1) is 32.2. The van der Waals surface area contributed by atoms with E-state index in [0.29, 0.717) is 43.4 Å². The summed E-state index contributed by atoms with van der Waals surface area (Å²) in [5, 5.41) is 0. The van der Waals surface area contributed by atoms with Gasteiger partial charge in [0.15, 0.2) is 4.80 Å². The lowest BCUT2D eigenvalue weighted by atomic mass is 9.95. The highest BCUT2D eigenvalue weighted by atomic mass is 79.9. The smallest absolute Gasteiger partial charge is 0.338 e. The van der Waals surface area contributed by atoms with Gasteiger partial charge in [0.2, 0.25) is 0 Å². The fraction of sp³-hybridized carbons (Fsp3) is 0.294. The number of hydrogen-bond donors (Lipinski definition) is 0. The van der Waals surface area contributed by atoms with Crippen LogP contribution in [-0.2, 0) is 14.3 Å². The van der Waals surface area contributed by atoms with E-state index >= 15 is 0 Å². The van der Waals surface area contributed by atoms with Crippen molar-refractivity contribution in [3.63, 3.8) is 0 Å². The van der Waals surface area contributed by atoms with E-state index < -0.39 is 12.0 Å². The number of hydrogen-bond acceptors (Lipinski definition) is 9. The minimum absolute atomic E-state index is 0.215. The highest BCUT2D eigenvalue weighted by Crippen LogP contribution is 2.37. The van der Waals surface area contributed by atoms with Crippen LogP contribution in [-0.4, -0.2) is 35.8 Å². The van der Waals surface area contributed by atoms with Crippen molar-refractivity contribution in [3.05, 3.63) is 106 Å². The molecule has 0 unspecified atom stereocenters. The molecule has 1 aliphatic heterocycles. The van der Waals surface area contributed by atoms with Crippen LogP contribution in [0.2, 0.25) is 0 Å². The van der Waals surface area contributed by atoms with Crippen molar-refractivity contribution >= 4 is 45.3 Å². The van der Waals surface area contributed by atoms with Crippen LogP contribution in [0.25, 0.3) is 17.4 Å². The van der Waals surface area contributed by atoms with Crippen LogP contribution in [0, 0.1) is 6.92 Å². The van der Waals surface area contributed by atoms with Crippen LogP contribution in [0.3, 0.4) is 0 Å². The summed E-state index contributed by atoms with van der Waals surface area (Å²) in [6.45, 7) is 10.8. The van der Waals surface area contributed by atoms with Gasteiger partial charge in [0.05, 0.1) is 40.7 Å². The Morgan fingerprint density at radius 3 is 2.38 bits per heavy atom. The fourth-order valence-corrected chi connectivity index (χ4v) is 6.53. The van der Waals surface area contributed by atoms with E-state index in [0.717, 1.165) is 15.6 Å². The Balaban J connectivity index is 1.59. The first-order chi connectivity index (χ1) is 21.4. The topological polar surface area (TPSA) is 109 Å². The van der Waals surface area contributed by atoms with E-state index in [4.69, 9.17) is 18.6 Å².